The number of nitrogens with one attached hydrogen (secondary N) is 1. The Morgan fingerprint density at radius 2 is 1.96 bits per heavy atom. The van der Waals surface area contributed by atoms with Crippen LogP contribution in [0, 0.1) is 25.2 Å². The van der Waals surface area contributed by atoms with Crippen molar-refractivity contribution in [2.24, 2.45) is 0 Å². The highest BCUT2D eigenvalue weighted by atomic mass is 16.2. The lowest BCUT2D eigenvalue weighted by Gasteiger charge is -2.26. The molecule has 1 N–H and O–H groups in total. The molecule has 0 radical (unpaired) electrons. The summed E-state index contributed by atoms with van der Waals surface area (Å²) < 4.78 is 0. The highest BCUT2D eigenvalue weighted by Crippen LogP contribution is 2.26. The molecular weight excluding hydrogens is 336 g/mol. The largest absolute Gasteiger partial charge is 0.357 e. The fraction of sp³-hybridized carbons (Fsp3) is 0.409. The molecule has 2 rings (SSSR count). The first-order valence-corrected chi connectivity index (χ1v) is 9.34. The lowest BCUT2D eigenvalue weighted by atomic mass is 9.98. The molecule has 0 spiro atoms. The Bertz CT molecular complexity index is 867. The van der Waals surface area contributed by atoms with E-state index in [4.69, 9.17) is 0 Å². The first kappa shape index (κ1) is 20.4. The van der Waals surface area contributed by atoms with Gasteiger partial charge in [0.25, 0.3) is 0 Å². The molecule has 0 aliphatic carbocycles. The van der Waals surface area contributed by atoms with Crippen LogP contribution in [-0.4, -0.2) is 23.5 Å². The molecule has 5 nitrogen and oxygen atoms in total. The number of aryl methyl sites for hydroxylation is 2. The van der Waals surface area contributed by atoms with Crippen molar-refractivity contribution in [3.8, 4) is 6.07 Å². The molecule has 2 aromatic rings. The van der Waals surface area contributed by atoms with Gasteiger partial charge < -0.3 is 10.2 Å². The van der Waals surface area contributed by atoms with Gasteiger partial charge in [-0.3, -0.25) is 4.79 Å². The second kappa shape index (κ2) is 8.68. The zero-order valence-corrected chi connectivity index (χ0v) is 17.0. The van der Waals surface area contributed by atoms with Crippen LogP contribution in [0.4, 0.5) is 11.5 Å². The van der Waals surface area contributed by atoms with Crippen LogP contribution in [-0.2, 0) is 4.79 Å². The summed E-state index contributed by atoms with van der Waals surface area (Å²) in [5.74, 6) is 0.621. The van der Waals surface area contributed by atoms with Gasteiger partial charge in [0.15, 0.2) is 0 Å². The number of nitriles is 1. The molecule has 0 aliphatic rings. The number of pyridine rings is 1. The van der Waals surface area contributed by atoms with Gasteiger partial charge in [0.05, 0.1) is 5.56 Å². The molecule has 27 heavy (non-hydrogen) atoms. The number of hydrogen-bond donors (Lipinski definition) is 1. The summed E-state index contributed by atoms with van der Waals surface area (Å²) in [6, 6.07) is 11.6. The van der Waals surface area contributed by atoms with E-state index in [9.17, 15) is 10.1 Å². The average molecular weight is 364 g/mol. The van der Waals surface area contributed by atoms with Gasteiger partial charge >= 0.3 is 0 Å². The van der Waals surface area contributed by atoms with Gasteiger partial charge in [0, 0.05) is 17.9 Å². The predicted octanol–water partition coefficient (Wildman–Crippen LogP) is 4.55. The summed E-state index contributed by atoms with van der Waals surface area (Å²) in [4.78, 5) is 19.3. The van der Waals surface area contributed by atoms with Crippen LogP contribution >= 0.6 is 0 Å². The normalized spacial score (nSPS) is 11.8. The third-order valence-corrected chi connectivity index (χ3v) is 4.53. The summed E-state index contributed by atoms with van der Waals surface area (Å²) in [5.41, 5.74) is 4.25. The summed E-state index contributed by atoms with van der Waals surface area (Å²) in [6.07, 6.45) is 0. The van der Waals surface area contributed by atoms with Gasteiger partial charge in [-0.05, 0) is 62.9 Å². The monoisotopic (exact) mass is 364 g/mol. The molecule has 1 atom stereocenters. The smallest absolute Gasteiger partial charge is 0.249 e. The maximum Gasteiger partial charge on any atom is 0.249 e. The lowest BCUT2D eigenvalue weighted by molar-refractivity contribution is -0.119. The Hall–Kier alpha value is -2.87. The number of likely N-dealkylation sites (N-methyl/N-ethyl adjacent to an activating group) is 1. The zero-order chi connectivity index (χ0) is 20.1. The van der Waals surface area contributed by atoms with Crippen molar-refractivity contribution in [1.82, 2.24) is 4.98 Å². The second-order valence-electron chi connectivity index (χ2n) is 7.13. The van der Waals surface area contributed by atoms with Crippen LogP contribution in [0.5, 0.6) is 0 Å². The van der Waals surface area contributed by atoms with Gasteiger partial charge in [0.1, 0.15) is 17.9 Å². The number of carbonyl (C=O) groups excluding carboxylic acids is 1. The number of aromatic nitrogens is 1. The molecule has 0 fully saturated rings. The minimum absolute atomic E-state index is 0.0543. The molecule has 5 heteroatoms. The number of anilines is 2. The lowest BCUT2D eigenvalue weighted by Crippen LogP contribution is -2.41. The standard InChI is InChI=1S/C22H28N4O/c1-7-26(18-10-8-9-15(4)11-18)22(27)17(6)25-21-20(13-23)19(14(2)3)12-16(5)24-21/h8-12,14,17H,7H2,1-6H3,(H,24,25)/t17-/m0/s1. The molecule has 142 valence electrons. The van der Waals surface area contributed by atoms with E-state index in [1.54, 1.807) is 11.8 Å². The number of amides is 1. The predicted molar refractivity (Wildman–Crippen MR) is 110 cm³/mol. The van der Waals surface area contributed by atoms with E-state index >= 15 is 0 Å². The summed E-state index contributed by atoms with van der Waals surface area (Å²) in [5, 5.41) is 12.8. The third-order valence-electron chi connectivity index (χ3n) is 4.53. The molecule has 0 unspecified atom stereocenters. The summed E-state index contributed by atoms with van der Waals surface area (Å²) >= 11 is 0. The van der Waals surface area contributed by atoms with Crippen LogP contribution in [0.3, 0.4) is 0 Å². The summed E-state index contributed by atoms with van der Waals surface area (Å²) in [6.45, 7) is 12.3. The van der Waals surface area contributed by atoms with Gasteiger partial charge in [-0.1, -0.05) is 26.0 Å². The first-order chi connectivity index (χ1) is 12.8. The number of hydrogen-bond acceptors (Lipinski definition) is 4. The van der Waals surface area contributed by atoms with Crippen molar-refractivity contribution in [3.63, 3.8) is 0 Å². The molecule has 1 amide bonds. The van der Waals surface area contributed by atoms with Crippen molar-refractivity contribution in [1.29, 1.82) is 5.26 Å². The van der Waals surface area contributed by atoms with E-state index in [-0.39, 0.29) is 11.8 Å². The highest BCUT2D eigenvalue weighted by Gasteiger charge is 2.23. The van der Waals surface area contributed by atoms with Crippen molar-refractivity contribution >= 4 is 17.4 Å². The van der Waals surface area contributed by atoms with Crippen molar-refractivity contribution in [3.05, 3.63) is 52.7 Å². The number of benzene rings is 1. The highest BCUT2D eigenvalue weighted by molar-refractivity contribution is 5.98. The molecule has 0 aliphatic heterocycles. The SMILES string of the molecule is CCN(C(=O)[C@H](C)Nc1nc(C)cc(C(C)C)c1C#N)c1cccc(C)c1. The number of carbonyl (C=O) groups is 1. The van der Waals surface area contributed by atoms with Gasteiger partial charge in [-0.2, -0.15) is 5.26 Å². The molecule has 0 saturated carbocycles. The van der Waals surface area contributed by atoms with Crippen molar-refractivity contribution < 1.29 is 4.79 Å². The van der Waals surface area contributed by atoms with Gasteiger partial charge in [0.2, 0.25) is 5.91 Å². The molecule has 1 heterocycles. The molecule has 1 aromatic heterocycles. The third kappa shape index (κ3) is 4.65. The fourth-order valence-electron chi connectivity index (χ4n) is 3.14. The van der Waals surface area contributed by atoms with Gasteiger partial charge in [-0.25, -0.2) is 4.98 Å². The topological polar surface area (TPSA) is 69.0 Å². The van der Waals surface area contributed by atoms with Gasteiger partial charge in [-0.15, -0.1) is 0 Å². The van der Waals surface area contributed by atoms with E-state index in [1.165, 1.54) is 0 Å². The van der Waals surface area contributed by atoms with Crippen molar-refractivity contribution in [2.75, 3.05) is 16.8 Å². The minimum atomic E-state index is -0.508. The maximum absolute atomic E-state index is 13.0. The Labute approximate surface area is 162 Å². The number of nitrogens with zero attached hydrogens (tertiary/aromatic N) is 3. The summed E-state index contributed by atoms with van der Waals surface area (Å²) in [7, 11) is 0. The van der Waals surface area contributed by atoms with E-state index in [0.717, 1.165) is 22.5 Å². The molecule has 0 bridgehead atoms. The fourth-order valence-corrected chi connectivity index (χ4v) is 3.14. The second-order valence-corrected chi connectivity index (χ2v) is 7.13. The number of rotatable bonds is 6. The van der Waals surface area contributed by atoms with Crippen LogP contribution in [0.2, 0.25) is 0 Å². The van der Waals surface area contributed by atoms with E-state index < -0.39 is 6.04 Å². The first-order valence-electron chi connectivity index (χ1n) is 9.34. The molecule has 0 saturated heterocycles. The Morgan fingerprint density at radius 1 is 1.26 bits per heavy atom. The Kier molecular flexibility index (Phi) is 6.57. The zero-order valence-electron chi connectivity index (χ0n) is 17.0. The molecular formula is C22H28N4O. The van der Waals surface area contributed by atoms with Crippen LogP contribution in [0.25, 0.3) is 0 Å². The quantitative estimate of drug-likeness (QED) is 0.816. The Balaban J connectivity index is 2.32. The Morgan fingerprint density at radius 3 is 2.52 bits per heavy atom. The van der Waals surface area contributed by atoms with Crippen LogP contribution < -0.4 is 10.2 Å². The van der Waals surface area contributed by atoms with Crippen molar-refractivity contribution in [2.45, 2.75) is 53.5 Å². The maximum atomic E-state index is 13.0. The van der Waals surface area contributed by atoms with E-state index in [1.807, 2.05) is 65.0 Å². The van der Waals surface area contributed by atoms with E-state index in [0.29, 0.717) is 17.9 Å². The average Bonchev–Trinajstić information content (AvgIpc) is 2.61. The minimum Gasteiger partial charge on any atom is -0.357 e. The van der Waals surface area contributed by atoms with Crippen LogP contribution in [0.1, 0.15) is 56.0 Å². The van der Waals surface area contributed by atoms with Crippen LogP contribution in [0.15, 0.2) is 30.3 Å². The van der Waals surface area contributed by atoms with E-state index in [2.05, 4.69) is 16.4 Å². The molecule has 1 aromatic carbocycles.